The van der Waals surface area contributed by atoms with Crippen LogP contribution in [0, 0.1) is 5.92 Å². The molecular formula is C18H16BrN3O2. The highest BCUT2D eigenvalue weighted by atomic mass is 79.9. The van der Waals surface area contributed by atoms with Crippen molar-refractivity contribution in [2.24, 2.45) is 11.0 Å². The molecule has 1 saturated heterocycles. The van der Waals surface area contributed by atoms with Gasteiger partial charge in [-0.25, -0.2) is 5.43 Å². The van der Waals surface area contributed by atoms with Gasteiger partial charge in [-0.2, -0.15) is 5.10 Å². The van der Waals surface area contributed by atoms with E-state index < -0.39 is 5.92 Å². The Bertz CT molecular complexity index is 760. The van der Waals surface area contributed by atoms with E-state index in [0.717, 1.165) is 15.7 Å². The van der Waals surface area contributed by atoms with E-state index in [1.54, 1.807) is 11.1 Å². The van der Waals surface area contributed by atoms with Crippen molar-refractivity contribution < 1.29 is 9.59 Å². The van der Waals surface area contributed by atoms with Gasteiger partial charge in [0.2, 0.25) is 11.8 Å². The molecule has 0 aliphatic carbocycles. The minimum atomic E-state index is -0.394. The van der Waals surface area contributed by atoms with Gasteiger partial charge in [0.15, 0.2) is 0 Å². The zero-order chi connectivity index (χ0) is 16.9. The summed E-state index contributed by atoms with van der Waals surface area (Å²) in [6, 6.07) is 17.0. The Morgan fingerprint density at radius 2 is 1.88 bits per heavy atom. The van der Waals surface area contributed by atoms with Crippen LogP contribution in [-0.4, -0.2) is 24.6 Å². The van der Waals surface area contributed by atoms with E-state index in [0.29, 0.717) is 6.54 Å². The summed E-state index contributed by atoms with van der Waals surface area (Å²) in [5.41, 5.74) is 4.22. The van der Waals surface area contributed by atoms with Crippen LogP contribution < -0.4 is 10.3 Å². The minimum Gasteiger partial charge on any atom is -0.312 e. The fraction of sp³-hybridized carbons (Fsp3) is 0.167. The predicted octanol–water partition coefficient (Wildman–Crippen LogP) is 2.95. The Hall–Kier alpha value is -2.47. The summed E-state index contributed by atoms with van der Waals surface area (Å²) >= 11 is 3.37. The maximum atomic E-state index is 12.2. The van der Waals surface area contributed by atoms with Crippen LogP contribution in [0.4, 0.5) is 5.69 Å². The van der Waals surface area contributed by atoms with Gasteiger partial charge in [0, 0.05) is 23.1 Å². The van der Waals surface area contributed by atoms with Crippen LogP contribution in [0.3, 0.4) is 0 Å². The molecule has 2 amide bonds. The molecule has 24 heavy (non-hydrogen) atoms. The Labute approximate surface area is 148 Å². The monoisotopic (exact) mass is 385 g/mol. The van der Waals surface area contributed by atoms with Crippen molar-refractivity contribution in [1.82, 2.24) is 5.43 Å². The van der Waals surface area contributed by atoms with Crippen molar-refractivity contribution in [3.05, 3.63) is 64.6 Å². The second-order valence-corrected chi connectivity index (χ2v) is 6.44. The molecule has 6 heteroatoms. The van der Waals surface area contributed by atoms with E-state index in [4.69, 9.17) is 0 Å². The standard InChI is InChI=1S/C18H16BrN3O2/c19-15-6-8-16(9-7-15)22-12-14(10-17(22)23)18(24)21-20-11-13-4-2-1-3-5-13/h1-9,11,14H,10,12H2,(H,21,24)/b20-11-/t14-/m1/s1. The van der Waals surface area contributed by atoms with E-state index in [9.17, 15) is 9.59 Å². The average molecular weight is 386 g/mol. The molecule has 2 aromatic carbocycles. The number of halogens is 1. The van der Waals surface area contributed by atoms with Gasteiger partial charge < -0.3 is 4.90 Å². The van der Waals surface area contributed by atoms with Gasteiger partial charge in [-0.05, 0) is 29.8 Å². The molecule has 0 radical (unpaired) electrons. The molecule has 3 rings (SSSR count). The highest BCUT2D eigenvalue weighted by molar-refractivity contribution is 9.10. The van der Waals surface area contributed by atoms with Gasteiger partial charge in [-0.3, -0.25) is 9.59 Å². The van der Waals surface area contributed by atoms with Gasteiger partial charge in [-0.1, -0.05) is 46.3 Å². The number of carbonyl (C=O) groups is 2. The van der Waals surface area contributed by atoms with E-state index in [1.807, 2.05) is 54.6 Å². The van der Waals surface area contributed by atoms with Gasteiger partial charge in [0.05, 0.1) is 12.1 Å². The summed E-state index contributed by atoms with van der Waals surface area (Å²) in [4.78, 5) is 26.0. The van der Waals surface area contributed by atoms with Gasteiger partial charge in [-0.15, -0.1) is 0 Å². The topological polar surface area (TPSA) is 61.8 Å². The summed E-state index contributed by atoms with van der Waals surface area (Å²) in [5, 5.41) is 3.96. The van der Waals surface area contributed by atoms with Crippen LogP contribution in [-0.2, 0) is 9.59 Å². The molecule has 1 heterocycles. The number of hydrogen-bond acceptors (Lipinski definition) is 3. The van der Waals surface area contributed by atoms with Crippen LogP contribution in [0.1, 0.15) is 12.0 Å². The number of hydrazone groups is 1. The smallest absolute Gasteiger partial charge is 0.245 e. The van der Waals surface area contributed by atoms with Crippen molar-refractivity contribution in [2.45, 2.75) is 6.42 Å². The Kier molecular flexibility index (Phi) is 5.05. The lowest BCUT2D eigenvalue weighted by atomic mass is 10.1. The van der Waals surface area contributed by atoms with Crippen molar-refractivity contribution in [1.29, 1.82) is 0 Å². The first-order valence-electron chi connectivity index (χ1n) is 7.57. The maximum absolute atomic E-state index is 12.2. The van der Waals surface area contributed by atoms with Crippen LogP contribution >= 0.6 is 15.9 Å². The van der Waals surface area contributed by atoms with E-state index in [1.165, 1.54) is 0 Å². The molecule has 1 aliphatic heterocycles. The summed E-state index contributed by atoms with van der Waals surface area (Å²) in [5.74, 6) is -0.686. The lowest BCUT2D eigenvalue weighted by molar-refractivity contribution is -0.126. The highest BCUT2D eigenvalue weighted by Crippen LogP contribution is 2.26. The molecule has 1 N–H and O–H groups in total. The number of rotatable bonds is 4. The Morgan fingerprint density at radius 1 is 1.17 bits per heavy atom. The third-order valence-electron chi connectivity index (χ3n) is 3.82. The Balaban J connectivity index is 1.59. The molecule has 0 unspecified atom stereocenters. The molecule has 1 atom stereocenters. The summed E-state index contributed by atoms with van der Waals surface area (Å²) in [7, 11) is 0. The molecule has 0 bridgehead atoms. The average Bonchev–Trinajstić information content (AvgIpc) is 2.98. The first-order chi connectivity index (χ1) is 11.6. The zero-order valence-electron chi connectivity index (χ0n) is 12.9. The first kappa shape index (κ1) is 16.4. The predicted molar refractivity (Wildman–Crippen MR) is 96.8 cm³/mol. The molecule has 122 valence electrons. The molecule has 5 nitrogen and oxygen atoms in total. The van der Waals surface area contributed by atoms with Crippen LogP contribution in [0.5, 0.6) is 0 Å². The van der Waals surface area contributed by atoms with Crippen molar-refractivity contribution >= 4 is 39.6 Å². The number of nitrogens with one attached hydrogen (secondary N) is 1. The highest BCUT2D eigenvalue weighted by Gasteiger charge is 2.35. The third-order valence-corrected chi connectivity index (χ3v) is 4.35. The van der Waals surface area contributed by atoms with Gasteiger partial charge >= 0.3 is 0 Å². The number of anilines is 1. The fourth-order valence-electron chi connectivity index (χ4n) is 2.55. The maximum Gasteiger partial charge on any atom is 0.245 e. The van der Waals surface area contributed by atoms with E-state index in [2.05, 4.69) is 26.5 Å². The molecule has 0 saturated carbocycles. The second-order valence-electron chi connectivity index (χ2n) is 5.53. The number of nitrogens with zero attached hydrogens (tertiary/aromatic N) is 2. The fourth-order valence-corrected chi connectivity index (χ4v) is 2.82. The molecule has 0 spiro atoms. The number of amides is 2. The van der Waals surface area contributed by atoms with E-state index >= 15 is 0 Å². The SMILES string of the molecule is O=C(N/N=C\c1ccccc1)[C@@H]1CC(=O)N(c2ccc(Br)cc2)C1. The third kappa shape index (κ3) is 3.89. The largest absolute Gasteiger partial charge is 0.312 e. The normalized spacial score (nSPS) is 17.5. The molecular weight excluding hydrogens is 370 g/mol. The molecule has 2 aromatic rings. The number of benzene rings is 2. The first-order valence-corrected chi connectivity index (χ1v) is 8.36. The van der Waals surface area contributed by atoms with Crippen molar-refractivity contribution in [3.63, 3.8) is 0 Å². The number of hydrogen-bond donors (Lipinski definition) is 1. The summed E-state index contributed by atoms with van der Waals surface area (Å²) in [6.45, 7) is 0.368. The van der Waals surface area contributed by atoms with Crippen molar-refractivity contribution in [3.8, 4) is 0 Å². The van der Waals surface area contributed by atoms with Crippen LogP contribution in [0.25, 0.3) is 0 Å². The van der Waals surface area contributed by atoms with Gasteiger partial charge in [0.1, 0.15) is 0 Å². The zero-order valence-corrected chi connectivity index (χ0v) is 14.4. The Morgan fingerprint density at radius 3 is 2.58 bits per heavy atom. The number of carbonyl (C=O) groups excluding carboxylic acids is 2. The lowest BCUT2D eigenvalue weighted by Gasteiger charge is -2.16. The summed E-state index contributed by atoms with van der Waals surface area (Å²) in [6.07, 6.45) is 1.78. The minimum absolute atomic E-state index is 0.0514. The summed E-state index contributed by atoms with van der Waals surface area (Å²) < 4.78 is 0.947. The van der Waals surface area contributed by atoms with Crippen LogP contribution in [0.15, 0.2) is 64.2 Å². The second kappa shape index (κ2) is 7.40. The molecule has 1 aliphatic rings. The molecule has 0 aromatic heterocycles. The lowest BCUT2D eigenvalue weighted by Crippen LogP contribution is -2.30. The van der Waals surface area contributed by atoms with E-state index in [-0.39, 0.29) is 18.2 Å². The quantitative estimate of drug-likeness (QED) is 0.649. The molecule has 1 fully saturated rings. The van der Waals surface area contributed by atoms with Crippen molar-refractivity contribution in [2.75, 3.05) is 11.4 Å². The van der Waals surface area contributed by atoms with Gasteiger partial charge in [0.25, 0.3) is 0 Å². The van der Waals surface area contributed by atoms with Crippen LogP contribution in [0.2, 0.25) is 0 Å².